The summed E-state index contributed by atoms with van der Waals surface area (Å²) in [6, 6.07) is 13.5. The van der Waals surface area contributed by atoms with Gasteiger partial charge in [-0.15, -0.1) is 5.56 Å². The minimum atomic E-state index is -0.451. The maximum atomic E-state index is 10.4. The monoisotopic (exact) mass is 686 g/mol. The van der Waals surface area contributed by atoms with Crippen LogP contribution in [-0.4, -0.2) is 24.1 Å². The van der Waals surface area contributed by atoms with Crippen LogP contribution >= 0.6 is 19.4 Å². The number of non-ortho nitro benzene ring substituents is 1. The summed E-state index contributed by atoms with van der Waals surface area (Å²) >= 11 is -0.346. The topological polar surface area (TPSA) is 58.9 Å². The van der Waals surface area contributed by atoms with E-state index in [1.165, 1.54) is 56.9 Å². The molecule has 1 fully saturated rings. The molecule has 224 valence electrons. The van der Waals surface area contributed by atoms with Crippen molar-refractivity contribution in [1.82, 2.24) is 0 Å². The number of ether oxygens (including phenoxy) is 1. The van der Waals surface area contributed by atoms with E-state index in [0.29, 0.717) is 11.3 Å². The Bertz CT molecular complexity index is 1210. The first-order valence-electron chi connectivity index (χ1n) is 13.3. The Morgan fingerprint density at radius 3 is 1.54 bits per heavy atom. The first-order valence-corrected chi connectivity index (χ1v) is 17.8. The SMILES string of the molecule is Cc1cc(C)c(N2[CH-][CH-]N(c3c(C)cc(C)cc3C)CC2)c(C)c1.[CH2-]c1cc([N+](=O)[O-])ccc1OC(C)C.[Cl][Ru+2][Cl]. The van der Waals surface area contributed by atoms with Crippen molar-refractivity contribution >= 4 is 36.4 Å². The number of benzene rings is 3. The number of anilines is 2. The van der Waals surface area contributed by atoms with Gasteiger partial charge in [-0.2, -0.15) is 6.92 Å². The number of nitrogens with zero attached hydrogens (tertiary/aromatic N) is 3. The molecule has 0 aromatic heterocycles. The molecular formula is C32H40Cl2N3O3Ru-. The molecule has 0 bridgehead atoms. The van der Waals surface area contributed by atoms with E-state index in [-0.39, 0.29) is 26.9 Å². The Kier molecular flexibility index (Phi) is 13.8. The van der Waals surface area contributed by atoms with E-state index in [1.807, 2.05) is 13.8 Å². The van der Waals surface area contributed by atoms with Gasteiger partial charge in [-0.05, 0) is 83.7 Å². The molecule has 4 rings (SSSR count). The average molecular weight is 687 g/mol. The zero-order valence-electron chi connectivity index (χ0n) is 25.1. The Balaban J connectivity index is 0.000000294. The van der Waals surface area contributed by atoms with Crippen LogP contribution in [0.3, 0.4) is 0 Å². The summed E-state index contributed by atoms with van der Waals surface area (Å²) in [5.41, 5.74) is 11.4. The second kappa shape index (κ2) is 16.2. The fourth-order valence-corrected chi connectivity index (χ4v) is 5.20. The molecule has 0 atom stereocenters. The standard InChI is InChI=1S/C22H28N2.C10H12NO3.2ClH.Ru/c1-15-11-17(3)21(18(4)12-15)23-7-9-24(10-8-23)22-19(5)13-16(2)14-20(22)6;1-7(2)14-10-5-4-9(11(12)13)6-8(10)3;;;/h7,9,11-14H,8,10H2,1-6H3;4-7H,3H2,1-2H3;2*1H;/q-2;-1;;;+4/p-2. The number of nitro benzene ring substituents is 1. The van der Waals surface area contributed by atoms with Crippen LogP contribution in [-0.2, 0) is 15.1 Å². The quantitative estimate of drug-likeness (QED) is 0.116. The number of rotatable bonds is 5. The van der Waals surface area contributed by atoms with Gasteiger partial charge in [0.15, 0.2) is 0 Å². The Labute approximate surface area is 261 Å². The van der Waals surface area contributed by atoms with Gasteiger partial charge < -0.3 is 27.6 Å². The van der Waals surface area contributed by atoms with Gasteiger partial charge in [0.1, 0.15) is 0 Å². The van der Waals surface area contributed by atoms with E-state index >= 15 is 0 Å². The molecule has 41 heavy (non-hydrogen) atoms. The van der Waals surface area contributed by atoms with Crippen LogP contribution in [0, 0.1) is 71.7 Å². The molecular weight excluding hydrogens is 646 g/mol. The van der Waals surface area contributed by atoms with Gasteiger partial charge >= 0.3 is 34.5 Å². The van der Waals surface area contributed by atoms with Crippen molar-refractivity contribution in [3.05, 3.63) is 112 Å². The summed E-state index contributed by atoms with van der Waals surface area (Å²) in [6.45, 7) is 27.1. The van der Waals surface area contributed by atoms with Crippen LogP contribution in [0.1, 0.15) is 52.8 Å². The summed E-state index contributed by atoms with van der Waals surface area (Å²) in [5, 5.41) is 10.4. The van der Waals surface area contributed by atoms with E-state index in [2.05, 4.69) is 95.6 Å². The molecule has 9 heteroatoms. The van der Waals surface area contributed by atoms with Gasteiger partial charge in [0, 0.05) is 35.1 Å². The second-order valence-electron chi connectivity index (χ2n) is 10.4. The average Bonchev–Trinajstić information content (AvgIpc) is 2.85. The van der Waals surface area contributed by atoms with Gasteiger partial charge in [0.25, 0.3) is 0 Å². The van der Waals surface area contributed by atoms with Crippen LogP contribution < -0.4 is 14.5 Å². The van der Waals surface area contributed by atoms with E-state index in [1.54, 1.807) is 6.07 Å². The van der Waals surface area contributed by atoms with Gasteiger partial charge in [-0.1, -0.05) is 47.5 Å². The number of hydrogen-bond acceptors (Lipinski definition) is 5. The molecule has 6 nitrogen and oxygen atoms in total. The molecule has 0 spiro atoms. The Morgan fingerprint density at radius 1 is 0.854 bits per heavy atom. The van der Waals surface area contributed by atoms with E-state index in [4.69, 9.17) is 24.1 Å². The van der Waals surface area contributed by atoms with Crippen LogP contribution in [0.2, 0.25) is 0 Å². The summed E-state index contributed by atoms with van der Waals surface area (Å²) in [5.74, 6) is 0.589. The van der Waals surface area contributed by atoms with Crippen molar-refractivity contribution in [3.8, 4) is 5.75 Å². The molecule has 1 aliphatic rings. The molecule has 0 saturated carbocycles. The van der Waals surface area contributed by atoms with Gasteiger partial charge in [0.05, 0.1) is 6.10 Å². The first-order chi connectivity index (χ1) is 19.3. The van der Waals surface area contributed by atoms with Crippen molar-refractivity contribution < 1.29 is 24.8 Å². The number of halogens is 2. The number of hydrogen-bond donors (Lipinski definition) is 0. The van der Waals surface area contributed by atoms with Crippen LogP contribution in [0.15, 0.2) is 42.5 Å². The zero-order chi connectivity index (χ0) is 30.9. The van der Waals surface area contributed by atoms with E-state index in [0.717, 1.165) is 13.1 Å². The predicted molar refractivity (Wildman–Crippen MR) is 170 cm³/mol. The third kappa shape index (κ3) is 10.1. The van der Waals surface area contributed by atoms with Crippen molar-refractivity contribution in [1.29, 1.82) is 0 Å². The molecule has 0 radical (unpaired) electrons. The third-order valence-electron chi connectivity index (χ3n) is 6.47. The maximum absolute atomic E-state index is 10.4. The number of piperazine rings is 1. The Hall–Kier alpha value is -2.47. The second-order valence-corrected chi connectivity index (χ2v) is 13.1. The van der Waals surface area contributed by atoms with E-state index in [9.17, 15) is 10.1 Å². The first kappa shape index (κ1) is 34.7. The molecule has 1 saturated heterocycles. The van der Waals surface area contributed by atoms with Gasteiger partial charge in [-0.3, -0.25) is 10.1 Å². The van der Waals surface area contributed by atoms with Crippen LogP contribution in [0.5, 0.6) is 5.75 Å². The number of aryl methyl sites for hydroxylation is 6. The molecule has 1 aliphatic heterocycles. The Morgan fingerprint density at radius 2 is 1.24 bits per heavy atom. The van der Waals surface area contributed by atoms with E-state index < -0.39 is 4.92 Å². The molecule has 3 aromatic rings. The molecule has 0 amide bonds. The van der Waals surface area contributed by atoms with Gasteiger partial charge in [0.2, 0.25) is 5.69 Å². The van der Waals surface area contributed by atoms with Crippen LogP contribution in [0.4, 0.5) is 17.1 Å². The molecule has 1 heterocycles. The molecule has 3 aromatic carbocycles. The number of nitro groups is 1. The van der Waals surface area contributed by atoms with Gasteiger partial charge in [-0.25, -0.2) is 0 Å². The van der Waals surface area contributed by atoms with Crippen molar-refractivity contribution in [3.63, 3.8) is 0 Å². The predicted octanol–water partition coefficient (Wildman–Crippen LogP) is 9.13. The fourth-order valence-electron chi connectivity index (χ4n) is 5.20. The van der Waals surface area contributed by atoms with Crippen LogP contribution in [0.25, 0.3) is 0 Å². The van der Waals surface area contributed by atoms with Crippen molar-refractivity contribution in [2.24, 2.45) is 0 Å². The van der Waals surface area contributed by atoms with Crippen molar-refractivity contribution in [2.45, 2.75) is 61.5 Å². The summed E-state index contributed by atoms with van der Waals surface area (Å²) in [4.78, 5) is 14.7. The fraction of sp³-hybridized carbons (Fsp3) is 0.344. The van der Waals surface area contributed by atoms with Crippen molar-refractivity contribution in [2.75, 3.05) is 22.9 Å². The molecule has 0 aliphatic carbocycles. The third-order valence-corrected chi connectivity index (χ3v) is 6.47. The molecule has 0 N–H and O–H groups in total. The zero-order valence-corrected chi connectivity index (χ0v) is 28.3. The summed E-state index contributed by atoms with van der Waals surface area (Å²) < 4.78 is 5.39. The molecule has 0 unspecified atom stereocenters. The summed E-state index contributed by atoms with van der Waals surface area (Å²) in [7, 11) is 9.71. The normalized spacial score (nSPS) is 12.8. The summed E-state index contributed by atoms with van der Waals surface area (Å²) in [6.07, 6.45) is 0.0388. The minimum absolute atomic E-state index is 0.0334.